The summed E-state index contributed by atoms with van der Waals surface area (Å²) < 4.78 is 33.2. The molecule has 0 radical (unpaired) electrons. The van der Waals surface area contributed by atoms with Crippen molar-refractivity contribution in [3.8, 4) is 0 Å². The summed E-state index contributed by atoms with van der Waals surface area (Å²) in [6, 6.07) is 0. The van der Waals surface area contributed by atoms with E-state index in [0.29, 0.717) is 0 Å². The van der Waals surface area contributed by atoms with Crippen LogP contribution in [0.15, 0.2) is 16.2 Å². The summed E-state index contributed by atoms with van der Waals surface area (Å²) in [5, 5.41) is 32.8. The number of H-pyrrole nitrogens is 1. The molecule has 0 aromatic carbocycles. The van der Waals surface area contributed by atoms with E-state index >= 15 is 0 Å². The standard InChI is InChI=1S/C10H12N8O5.3H3O4P/c11-9-14-6-3(7(22)15-9)13-2-18(6)8-4(20)5(21)10(1-19,23-8)16-17-12;3*1-5(2,3)4/h2,4-5,8,19-21H,1H2,(H3,11,14,15,22);3*(H3,1,2,3,4)/t4-,5+,8-,10-;;;/m1.../s1. The SMILES string of the molecule is O=P(O)(O)O.O=P(O)(O)O.O=P(O)(O)O.[N-]=[N+]=N[C@]1(CO)O[C@@H](n2cnc3c(=O)[nH]c(N)nc32)[C@H](O)[C@@H]1O. The lowest BCUT2D eigenvalue weighted by molar-refractivity contribution is -0.123. The third-order valence-electron chi connectivity index (χ3n) is 3.57. The molecule has 0 amide bonds. The molecule has 3 rings (SSSR count). The summed E-state index contributed by atoms with van der Waals surface area (Å²) in [7, 11) is -13.9. The summed E-state index contributed by atoms with van der Waals surface area (Å²) in [5.74, 6) is -0.180. The van der Waals surface area contributed by atoms with E-state index in [2.05, 4.69) is 25.0 Å². The maximum Gasteiger partial charge on any atom is 0.466 e. The number of rotatable bonds is 3. The zero-order valence-electron chi connectivity index (χ0n) is 18.0. The zero-order valence-corrected chi connectivity index (χ0v) is 20.7. The van der Waals surface area contributed by atoms with Gasteiger partial charge in [-0.05, 0) is 5.53 Å². The molecule has 2 aromatic heterocycles. The molecule has 0 bridgehead atoms. The predicted molar refractivity (Wildman–Crippen MR) is 116 cm³/mol. The number of hydrogen-bond donors (Lipinski definition) is 14. The average Bonchev–Trinajstić information content (AvgIpc) is 3.19. The van der Waals surface area contributed by atoms with Gasteiger partial charge in [-0.25, -0.2) is 18.7 Å². The minimum Gasteiger partial charge on any atom is -0.393 e. The van der Waals surface area contributed by atoms with E-state index in [0.717, 1.165) is 10.9 Å². The number of aromatic nitrogens is 4. The van der Waals surface area contributed by atoms with E-state index in [-0.39, 0.29) is 17.1 Å². The van der Waals surface area contributed by atoms with E-state index < -0.39 is 59.8 Å². The lowest BCUT2D eigenvalue weighted by Crippen LogP contribution is -2.44. The first-order chi connectivity index (χ1) is 16.9. The fourth-order valence-corrected chi connectivity index (χ4v) is 2.44. The molecule has 38 heavy (non-hydrogen) atoms. The zero-order chi connectivity index (χ0) is 30.3. The minimum atomic E-state index is -4.64. The number of nitrogen functional groups attached to an aromatic ring is 1. The fraction of sp³-hybridized carbons (Fsp3) is 0.500. The quantitative estimate of drug-likeness (QED) is 0.0663. The van der Waals surface area contributed by atoms with E-state index in [1.807, 2.05) is 0 Å². The molecule has 1 fully saturated rings. The Balaban J connectivity index is 0.000000751. The van der Waals surface area contributed by atoms with E-state index in [1.165, 1.54) is 0 Å². The number of fused-ring (bicyclic) bond motifs is 1. The van der Waals surface area contributed by atoms with Gasteiger partial charge in [0.2, 0.25) is 11.7 Å². The van der Waals surface area contributed by atoms with Crippen LogP contribution in [0.25, 0.3) is 21.6 Å². The maximum absolute atomic E-state index is 11.7. The number of aliphatic hydroxyl groups excluding tert-OH is 3. The van der Waals surface area contributed by atoms with Gasteiger partial charge in [-0.3, -0.25) is 14.3 Å². The molecule has 28 heteroatoms. The molecule has 2 aromatic rings. The van der Waals surface area contributed by atoms with Crippen molar-refractivity contribution in [3.05, 3.63) is 27.1 Å². The summed E-state index contributed by atoms with van der Waals surface area (Å²) in [6.45, 7) is -0.867. The van der Waals surface area contributed by atoms with Crippen molar-refractivity contribution in [1.82, 2.24) is 19.5 Å². The molecule has 0 saturated carbocycles. The normalized spacial score (nSPS) is 23.1. The van der Waals surface area contributed by atoms with Crippen molar-refractivity contribution in [1.29, 1.82) is 0 Å². The van der Waals surface area contributed by atoms with Crippen LogP contribution in [0.1, 0.15) is 6.23 Å². The Bertz CT molecular complexity index is 1250. The van der Waals surface area contributed by atoms with Gasteiger partial charge < -0.3 is 69.8 Å². The summed E-state index contributed by atoms with van der Waals surface area (Å²) >= 11 is 0. The number of hydrogen-bond acceptors (Lipinski definition) is 12. The molecular formula is C10H21N8O17P3. The highest BCUT2D eigenvalue weighted by Gasteiger charge is 2.55. The van der Waals surface area contributed by atoms with E-state index in [4.69, 9.17) is 73.7 Å². The average molecular weight is 618 g/mol. The van der Waals surface area contributed by atoms with Crippen molar-refractivity contribution < 1.29 is 77.8 Å². The lowest BCUT2D eigenvalue weighted by atomic mass is 10.1. The Morgan fingerprint density at radius 2 is 1.53 bits per heavy atom. The summed E-state index contributed by atoms with van der Waals surface area (Å²) in [4.78, 5) is 89.0. The van der Waals surface area contributed by atoms with Gasteiger partial charge in [0.05, 0.1) is 12.9 Å². The number of aromatic amines is 1. The molecular weight excluding hydrogens is 597 g/mol. The van der Waals surface area contributed by atoms with Gasteiger partial charge in [-0.1, -0.05) is 5.11 Å². The van der Waals surface area contributed by atoms with Crippen molar-refractivity contribution in [2.45, 2.75) is 24.2 Å². The molecule has 15 N–H and O–H groups in total. The summed E-state index contributed by atoms with van der Waals surface area (Å²) in [6.07, 6.45) is -3.44. The number of azide groups is 1. The molecule has 3 heterocycles. The van der Waals surface area contributed by atoms with Crippen LogP contribution < -0.4 is 11.3 Å². The molecule has 25 nitrogen and oxygen atoms in total. The number of nitrogens with zero attached hydrogens (tertiary/aromatic N) is 6. The Hall–Kier alpha value is -2.37. The molecule has 0 unspecified atom stereocenters. The smallest absolute Gasteiger partial charge is 0.393 e. The second-order valence-electron chi connectivity index (χ2n) is 6.45. The van der Waals surface area contributed by atoms with E-state index in [1.54, 1.807) is 0 Å². The predicted octanol–water partition coefficient (Wildman–Crippen LogP) is -4.83. The third kappa shape index (κ3) is 12.9. The highest BCUT2D eigenvalue weighted by atomic mass is 31.2. The van der Waals surface area contributed by atoms with Crippen LogP contribution in [-0.4, -0.2) is 103 Å². The number of anilines is 1. The van der Waals surface area contributed by atoms with E-state index in [9.17, 15) is 20.1 Å². The van der Waals surface area contributed by atoms with Gasteiger partial charge in [0, 0.05) is 4.91 Å². The number of aliphatic hydroxyl groups is 3. The van der Waals surface area contributed by atoms with Gasteiger partial charge in [-0.2, -0.15) is 4.98 Å². The Morgan fingerprint density at radius 1 is 1.08 bits per heavy atom. The molecule has 4 atom stereocenters. The van der Waals surface area contributed by atoms with Crippen molar-refractivity contribution in [2.75, 3.05) is 12.3 Å². The van der Waals surface area contributed by atoms with Crippen LogP contribution in [0.3, 0.4) is 0 Å². The van der Waals surface area contributed by atoms with Crippen LogP contribution >= 0.6 is 23.5 Å². The van der Waals surface area contributed by atoms with Crippen molar-refractivity contribution in [2.24, 2.45) is 5.11 Å². The van der Waals surface area contributed by atoms with Crippen molar-refractivity contribution in [3.63, 3.8) is 0 Å². The number of nitrogens with two attached hydrogens (primary N) is 1. The largest absolute Gasteiger partial charge is 0.466 e. The highest BCUT2D eigenvalue weighted by Crippen LogP contribution is 2.39. The van der Waals surface area contributed by atoms with Crippen molar-refractivity contribution >= 4 is 40.6 Å². The van der Waals surface area contributed by atoms with Crippen LogP contribution in [-0.2, 0) is 18.4 Å². The Morgan fingerprint density at radius 3 is 1.92 bits per heavy atom. The topological polar surface area (TPSA) is 442 Å². The molecule has 1 aliphatic rings. The number of ether oxygens (including phenoxy) is 1. The number of phosphoric acid groups is 3. The van der Waals surface area contributed by atoms with Crippen LogP contribution in [0, 0.1) is 0 Å². The Kier molecular flexibility index (Phi) is 12.8. The van der Waals surface area contributed by atoms with Gasteiger partial charge >= 0.3 is 23.5 Å². The second-order valence-corrected chi connectivity index (χ2v) is 9.53. The second kappa shape index (κ2) is 13.6. The summed E-state index contributed by atoms with van der Waals surface area (Å²) in [5.41, 5.74) is 11.3. The number of nitrogens with one attached hydrogen (secondary N) is 1. The maximum atomic E-state index is 11.7. The lowest BCUT2D eigenvalue weighted by Gasteiger charge is -2.23. The molecule has 1 saturated heterocycles. The minimum absolute atomic E-state index is 0.00261. The van der Waals surface area contributed by atoms with Gasteiger partial charge in [0.1, 0.15) is 12.2 Å². The molecule has 0 aliphatic carbocycles. The van der Waals surface area contributed by atoms with Gasteiger partial charge in [-0.15, -0.1) is 0 Å². The number of imidazole rings is 1. The van der Waals surface area contributed by atoms with Gasteiger partial charge in [0.25, 0.3) is 5.56 Å². The molecule has 218 valence electrons. The molecule has 0 spiro atoms. The first kappa shape index (κ1) is 35.6. The van der Waals surface area contributed by atoms with Gasteiger partial charge in [0.15, 0.2) is 17.4 Å². The highest BCUT2D eigenvalue weighted by molar-refractivity contribution is 7.45. The first-order valence-corrected chi connectivity index (χ1v) is 13.4. The molecule has 1 aliphatic heterocycles. The van der Waals surface area contributed by atoms with Crippen LogP contribution in [0.4, 0.5) is 5.95 Å². The van der Waals surface area contributed by atoms with Crippen LogP contribution in [0.2, 0.25) is 0 Å². The Labute approximate surface area is 207 Å². The first-order valence-electron chi connectivity index (χ1n) is 8.71. The van der Waals surface area contributed by atoms with Crippen LogP contribution in [0.5, 0.6) is 0 Å². The third-order valence-corrected chi connectivity index (χ3v) is 3.57. The monoisotopic (exact) mass is 618 g/mol. The fourth-order valence-electron chi connectivity index (χ4n) is 2.44.